The van der Waals surface area contributed by atoms with Crippen LogP contribution in [-0.2, 0) is 5.60 Å². The first-order chi connectivity index (χ1) is 11.0. The first-order valence-corrected chi connectivity index (χ1v) is 8.04. The van der Waals surface area contributed by atoms with E-state index < -0.39 is 5.60 Å². The summed E-state index contributed by atoms with van der Waals surface area (Å²) in [6.07, 6.45) is 4.71. The Morgan fingerprint density at radius 3 is 2.57 bits per heavy atom. The summed E-state index contributed by atoms with van der Waals surface area (Å²) in [5, 5.41) is 10.8. The average Bonchev–Trinajstić information content (AvgIpc) is 2.58. The van der Waals surface area contributed by atoms with E-state index in [4.69, 9.17) is 5.73 Å². The Morgan fingerprint density at radius 1 is 1.22 bits per heavy atom. The SMILES string of the molecule is CC(=O)c1cccc(-c2ccc(C3(O)CCC(N)CC3)nc2)c1. The molecular formula is C19H22N2O2. The number of aliphatic hydroxyl groups is 1. The second kappa shape index (κ2) is 6.22. The number of rotatable bonds is 3. The van der Waals surface area contributed by atoms with Crippen LogP contribution < -0.4 is 5.73 Å². The van der Waals surface area contributed by atoms with Gasteiger partial charge in [-0.3, -0.25) is 9.78 Å². The number of hydrogen-bond acceptors (Lipinski definition) is 4. The molecule has 4 nitrogen and oxygen atoms in total. The van der Waals surface area contributed by atoms with Gasteiger partial charge in [-0.15, -0.1) is 0 Å². The summed E-state index contributed by atoms with van der Waals surface area (Å²) < 4.78 is 0. The average molecular weight is 310 g/mol. The van der Waals surface area contributed by atoms with Crippen molar-refractivity contribution in [2.45, 2.75) is 44.2 Å². The summed E-state index contributed by atoms with van der Waals surface area (Å²) in [6, 6.07) is 11.5. The van der Waals surface area contributed by atoms with Crippen LogP contribution in [0, 0.1) is 0 Å². The maximum absolute atomic E-state index is 11.5. The molecule has 2 aromatic rings. The van der Waals surface area contributed by atoms with Crippen molar-refractivity contribution in [3.63, 3.8) is 0 Å². The first kappa shape index (κ1) is 15.8. The van der Waals surface area contributed by atoms with E-state index in [0.29, 0.717) is 24.1 Å². The molecule has 0 aliphatic heterocycles. The molecule has 1 aliphatic rings. The summed E-state index contributed by atoms with van der Waals surface area (Å²) in [6.45, 7) is 1.56. The molecule has 23 heavy (non-hydrogen) atoms. The molecule has 3 rings (SSSR count). The van der Waals surface area contributed by atoms with Crippen molar-refractivity contribution in [1.29, 1.82) is 0 Å². The second-order valence-electron chi connectivity index (χ2n) is 6.44. The minimum absolute atomic E-state index is 0.0456. The Kier molecular flexibility index (Phi) is 4.28. The Morgan fingerprint density at radius 2 is 1.96 bits per heavy atom. The number of aromatic nitrogens is 1. The molecule has 1 heterocycles. The van der Waals surface area contributed by atoms with Gasteiger partial charge in [0.1, 0.15) is 5.60 Å². The highest BCUT2D eigenvalue weighted by atomic mass is 16.3. The fourth-order valence-corrected chi connectivity index (χ4v) is 3.13. The molecule has 0 atom stereocenters. The number of carbonyl (C=O) groups excluding carboxylic acids is 1. The van der Waals surface area contributed by atoms with Crippen LogP contribution in [-0.4, -0.2) is 21.9 Å². The lowest BCUT2D eigenvalue weighted by Gasteiger charge is -2.34. The number of benzene rings is 1. The molecule has 1 aliphatic carbocycles. The third kappa shape index (κ3) is 3.33. The molecule has 4 heteroatoms. The summed E-state index contributed by atoms with van der Waals surface area (Å²) in [5.74, 6) is 0.0456. The maximum atomic E-state index is 11.5. The van der Waals surface area contributed by atoms with Crippen LogP contribution in [0.1, 0.15) is 48.7 Å². The highest BCUT2D eigenvalue weighted by Crippen LogP contribution is 2.36. The number of hydrogen-bond donors (Lipinski definition) is 2. The van der Waals surface area contributed by atoms with Crippen LogP contribution in [0.2, 0.25) is 0 Å². The zero-order valence-corrected chi connectivity index (χ0v) is 13.3. The fourth-order valence-electron chi connectivity index (χ4n) is 3.13. The van der Waals surface area contributed by atoms with Gasteiger partial charge in [0.15, 0.2) is 5.78 Å². The Labute approximate surface area is 136 Å². The summed E-state index contributed by atoms with van der Waals surface area (Å²) in [7, 11) is 0. The van der Waals surface area contributed by atoms with Crippen molar-refractivity contribution in [2.24, 2.45) is 5.73 Å². The molecule has 0 radical (unpaired) electrons. The molecule has 120 valence electrons. The zero-order valence-electron chi connectivity index (χ0n) is 13.3. The van der Waals surface area contributed by atoms with Gasteiger partial charge in [-0.25, -0.2) is 0 Å². The largest absolute Gasteiger partial charge is 0.384 e. The molecule has 0 bridgehead atoms. The minimum atomic E-state index is -0.865. The normalized spacial score (nSPS) is 24.4. The van der Waals surface area contributed by atoms with Crippen LogP contribution in [0.25, 0.3) is 11.1 Å². The summed E-state index contributed by atoms with van der Waals surface area (Å²) in [4.78, 5) is 16.0. The van der Waals surface area contributed by atoms with Gasteiger partial charge in [0.05, 0.1) is 5.69 Å². The standard InChI is InChI=1S/C19H22N2O2/c1-13(22)14-3-2-4-15(11-14)16-5-6-18(21-12-16)19(23)9-7-17(20)8-10-19/h2-6,11-12,17,23H,7-10,20H2,1H3. The predicted molar refractivity (Wildman–Crippen MR) is 90.0 cm³/mol. The lowest BCUT2D eigenvalue weighted by Crippen LogP contribution is -2.37. The molecule has 1 saturated carbocycles. The van der Waals surface area contributed by atoms with Crippen LogP contribution in [0.15, 0.2) is 42.6 Å². The van der Waals surface area contributed by atoms with Crippen molar-refractivity contribution in [3.05, 3.63) is 53.9 Å². The Balaban J connectivity index is 1.85. The van der Waals surface area contributed by atoms with E-state index >= 15 is 0 Å². The van der Waals surface area contributed by atoms with Crippen molar-refractivity contribution in [1.82, 2.24) is 4.98 Å². The van der Waals surface area contributed by atoms with E-state index in [1.807, 2.05) is 36.4 Å². The lowest BCUT2D eigenvalue weighted by molar-refractivity contribution is -0.00885. The van der Waals surface area contributed by atoms with E-state index in [9.17, 15) is 9.90 Å². The minimum Gasteiger partial charge on any atom is -0.384 e. The van der Waals surface area contributed by atoms with Crippen LogP contribution in [0.4, 0.5) is 0 Å². The molecule has 0 unspecified atom stereocenters. The van der Waals surface area contributed by atoms with E-state index in [1.165, 1.54) is 0 Å². The van der Waals surface area contributed by atoms with E-state index in [0.717, 1.165) is 24.0 Å². The molecule has 0 amide bonds. The first-order valence-electron chi connectivity index (χ1n) is 8.04. The predicted octanol–water partition coefficient (Wildman–Crippen LogP) is 3.04. The van der Waals surface area contributed by atoms with Crippen molar-refractivity contribution >= 4 is 5.78 Å². The third-order valence-corrected chi connectivity index (χ3v) is 4.70. The van der Waals surface area contributed by atoms with Gasteiger partial charge in [0, 0.05) is 23.4 Å². The van der Waals surface area contributed by atoms with Crippen molar-refractivity contribution < 1.29 is 9.90 Å². The Bertz CT molecular complexity index is 702. The van der Waals surface area contributed by atoms with E-state index in [2.05, 4.69) is 4.98 Å². The van der Waals surface area contributed by atoms with Gasteiger partial charge in [-0.2, -0.15) is 0 Å². The molecule has 3 N–H and O–H groups in total. The third-order valence-electron chi connectivity index (χ3n) is 4.70. The number of nitrogens with zero attached hydrogens (tertiary/aromatic N) is 1. The van der Waals surface area contributed by atoms with Gasteiger partial charge >= 0.3 is 0 Å². The molecule has 0 saturated heterocycles. The van der Waals surface area contributed by atoms with Crippen molar-refractivity contribution in [3.8, 4) is 11.1 Å². The highest BCUT2D eigenvalue weighted by Gasteiger charge is 2.34. The van der Waals surface area contributed by atoms with Gasteiger partial charge < -0.3 is 10.8 Å². The number of Topliss-reactive ketones (excluding diaryl/α,β-unsaturated/α-hetero) is 1. The second-order valence-corrected chi connectivity index (χ2v) is 6.44. The molecule has 1 aromatic heterocycles. The number of carbonyl (C=O) groups is 1. The molecule has 1 aromatic carbocycles. The van der Waals surface area contributed by atoms with Crippen LogP contribution in [0.5, 0.6) is 0 Å². The smallest absolute Gasteiger partial charge is 0.159 e. The molecular weight excluding hydrogens is 288 g/mol. The fraction of sp³-hybridized carbons (Fsp3) is 0.368. The molecule has 1 fully saturated rings. The Hall–Kier alpha value is -2.04. The highest BCUT2D eigenvalue weighted by molar-refractivity contribution is 5.95. The van der Waals surface area contributed by atoms with Gasteiger partial charge in [-0.05, 0) is 50.3 Å². The van der Waals surface area contributed by atoms with Crippen molar-refractivity contribution in [2.75, 3.05) is 0 Å². The van der Waals surface area contributed by atoms with Crippen LogP contribution >= 0.6 is 0 Å². The van der Waals surface area contributed by atoms with E-state index in [1.54, 1.807) is 13.1 Å². The molecule has 0 spiro atoms. The summed E-state index contributed by atoms with van der Waals surface area (Å²) >= 11 is 0. The quantitative estimate of drug-likeness (QED) is 0.854. The monoisotopic (exact) mass is 310 g/mol. The lowest BCUT2D eigenvalue weighted by atomic mass is 9.80. The summed E-state index contributed by atoms with van der Waals surface area (Å²) in [5.41, 5.74) is 8.33. The van der Waals surface area contributed by atoms with Gasteiger partial charge in [0.25, 0.3) is 0 Å². The van der Waals surface area contributed by atoms with Crippen LogP contribution in [0.3, 0.4) is 0 Å². The topological polar surface area (TPSA) is 76.2 Å². The number of pyridine rings is 1. The maximum Gasteiger partial charge on any atom is 0.159 e. The van der Waals surface area contributed by atoms with Gasteiger partial charge in [0.2, 0.25) is 0 Å². The zero-order chi connectivity index (χ0) is 16.4. The number of nitrogens with two attached hydrogens (primary N) is 1. The van der Waals surface area contributed by atoms with Gasteiger partial charge in [-0.1, -0.05) is 24.3 Å². The van der Waals surface area contributed by atoms with E-state index in [-0.39, 0.29) is 11.8 Å². The number of ketones is 1.